The van der Waals surface area contributed by atoms with E-state index in [9.17, 15) is 0 Å². The summed E-state index contributed by atoms with van der Waals surface area (Å²) in [4.78, 5) is 4.07. The lowest BCUT2D eigenvalue weighted by atomic mass is 10.2. The van der Waals surface area contributed by atoms with E-state index in [1.54, 1.807) is 18.3 Å². The quantitative estimate of drug-likeness (QED) is 0.804. The van der Waals surface area contributed by atoms with Gasteiger partial charge in [0.15, 0.2) is 0 Å². The zero-order chi connectivity index (χ0) is 11.2. The molecule has 0 aromatic carbocycles. The Morgan fingerprint density at radius 2 is 2.25 bits per heavy atom. The van der Waals surface area contributed by atoms with Crippen molar-refractivity contribution in [3.05, 3.63) is 23.4 Å². The first-order valence-corrected chi connectivity index (χ1v) is 6.21. The van der Waals surface area contributed by atoms with Gasteiger partial charge in [-0.2, -0.15) is 0 Å². The number of ether oxygens (including phenoxy) is 1. The lowest BCUT2D eigenvalue weighted by Crippen LogP contribution is -2.30. The van der Waals surface area contributed by atoms with Crippen molar-refractivity contribution in [2.24, 2.45) is 0 Å². The van der Waals surface area contributed by atoms with Gasteiger partial charge in [-0.15, -0.1) is 0 Å². The Hall–Kier alpha value is -0.800. The average molecular weight is 241 g/mol. The summed E-state index contributed by atoms with van der Waals surface area (Å²) in [5, 5.41) is 4.05. The van der Waals surface area contributed by atoms with Crippen LogP contribution in [0, 0.1) is 0 Å². The van der Waals surface area contributed by atoms with Crippen LogP contribution in [0.4, 0.5) is 0 Å². The number of hydrogen-bond donors (Lipinski definition) is 1. The van der Waals surface area contributed by atoms with Gasteiger partial charge in [-0.3, -0.25) is 0 Å². The van der Waals surface area contributed by atoms with Gasteiger partial charge in [0.1, 0.15) is 11.6 Å². The van der Waals surface area contributed by atoms with Gasteiger partial charge in [-0.05, 0) is 25.0 Å². The van der Waals surface area contributed by atoms with E-state index in [0.717, 1.165) is 6.54 Å². The van der Waals surface area contributed by atoms with Crippen molar-refractivity contribution in [2.75, 3.05) is 13.2 Å². The SMILES string of the molecule is Clc1cccnc1OCCNC1CCCC1. The third kappa shape index (κ3) is 3.35. The first-order chi connectivity index (χ1) is 7.86. The second-order valence-corrected chi connectivity index (χ2v) is 4.48. The highest BCUT2D eigenvalue weighted by Crippen LogP contribution is 2.20. The summed E-state index contributed by atoms with van der Waals surface area (Å²) in [6.45, 7) is 1.48. The molecule has 0 atom stereocenters. The minimum Gasteiger partial charge on any atom is -0.475 e. The molecule has 4 heteroatoms. The van der Waals surface area contributed by atoms with Gasteiger partial charge in [0.05, 0.1) is 0 Å². The number of rotatable bonds is 5. The molecule has 1 fully saturated rings. The molecule has 0 amide bonds. The Balaban J connectivity index is 1.66. The van der Waals surface area contributed by atoms with Crippen LogP contribution >= 0.6 is 11.6 Å². The number of hydrogen-bond acceptors (Lipinski definition) is 3. The highest BCUT2D eigenvalue weighted by Gasteiger charge is 2.13. The molecule has 0 unspecified atom stereocenters. The zero-order valence-electron chi connectivity index (χ0n) is 9.29. The molecule has 1 aromatic heterocycles. The standard InChI is InChI=1S/C12H17ClN2O/c13-11-6-3-7-15-12(11)16-9-8-14-10-4-1-2-5-10/h3,6-7,10,14H,1-2,4-5,8-9H2. The monoisotopic (exact) mass is 240 g/mol. The Morgan fingerprint density at radius 1 is 1.44 bits per heavy atom. The van der Waals surface area contributed by atoms with Crippen LogP contribution in [0.5, 0.6) is 5.88 Å². The van der Waals surface area contributed by atoms with E-state index in [0.29, 0.717) is 23.6 Å². The number of halogens is 1. The van der Waals surface area contributed by atoms with Crippen molar-refractivity contribution in [1.29, 1.82) is 0 Å². The van der Waals surface area contributed by atoms with E-state index in [4.69, 9.17) is 16.3 Å². The topological polar surface area (TPSA) is 34.1 Å². The number of nitrogens with one attached hydrogen (secondary N) is 1. The first kappa shape index (κ1) is 11.7. The van der Waals surface area contributed by atoms with E-state index in [1.807, 2.05) is 0 Å². The normalized spacial score (nSPS) is 16.6. The molecular formula is C12H17ClN2O. The second kappa shape index (κ2) is 6.06. The third-order valence-corrected chi connectivity index (χ3v) is 3.14. The van der Waals surface area contributed by atoms with Gasteiger partial charge in [-0.25, -0.2) is 4.98 Å². The molecule has 88 valence electrons. The molecule has 0 spiro atoms. The summed E-state index contributed by atoms with van der Waals surface area (Å²) >= 11 is 5.92. The Morgan fingerprint density at radius 3 is 3.00 bits per heavy atom. The van der Waals surface area contributed by atoms with Gasteiger partial charge in [0, 0.05) is 18.8 Å². The van der Waals surface area contributed by atoms with E-state index >= 15 is 0 Å². The fraction of sp³-hybridized carbons (Fsp3) is 0.583. The molecule has 0 aliphatic heterocycles. The van der Waals surface area contributed by atoms with Crippen molar-refractivity contribution in [3.63, 3.8) is 0 Å². The summed E-state index contributed by atoms with van der Waals surface area (Å²) in [6.07, 6.45) is 6.98. The number of aromatic nitrogens is 1. The van der Waals surface area contributed by atoms with Crippen molar-refractivity contribution in [1.82, 2.24) is 10.3 Å². The molecule has 16 heavy (non-hydrogen) atoms. The van der Waals surface area contributed by atoms with E-state index in [1.165, 1.54) is 25.7 Å². The van der Waals surface area contributed by atoms with Crippen molar-refractivity contribution in [2.45, 2.75) is 31.7 Å². The summed E-state index contributed by atoms with van der Waals surface area (Å²) in [5.41, 5.74) is 0. The van der Waals surface area contributed by atoms with Crippen LogP contribution in [-0.4, -0.2) is 24.2 Å². The molecule has 2 rings (SSSR count). The fourth-order valence-electron chi connectivity index (χ4n) is 2.02. The van der Waals surface area contributed by atoms with E-state index < -0.39 is 0 Å². The maximum absolute atomic E-state index is 5.92. The van der Waals surface area contributed by atoms with Gasteiger partial charge in [0.2, 0.25) is 5.88 Å². The van der Waals surface area contributed by atoms with Crippen LogP contribution in [0.3, 0.4) is 0 Å². The molecule has 0 radical (unpaired) electrons. The first-order valence-electron chi connectivity index (χ1n) is 5.83. The summed E-state index contributed by atoms with van der Waals surface area (Å²) < 4.78 is 5.49. The van der Waals surface area contributed by atoms with Crippen molar-refractivity contribution in [3.8, 4) is 5.88 Å². The lowest BCUT2D eigenvalue weighted by molar-refractivity contribution is 0.295. The molecule has 1 aromatic rings. The van der Waals surface area contributed by atoms with E-state index in [-0.39, 0.29) is 0 Å². The second-order valence-electron chi connectivity index (χ2n) is 4.07. The summed E-state index contributed by atoms with van der Waals surface area (Å²) in [7, 11) is 0. The Bertz CT molecular complexity index is 327. The molecule has 1 heterocycles. The molecule has 0 saturated heterocycles. The predicted octanol–water partition coefficient (Wildman–Crippen LogP) is 2.65. The van der Waals surface area contributed by atoms with Crippen LogP contribution in [0.2, 0.25) is 5.02 Å². The highest BCUT2D eigenvalue weighted by atomic mass is 35.5. The smallest absolute Gasteiger partial charge is 0.232 e. The van der Waals surface area contributed by atoms with Crippen molar-refractivity contribution < 1.29 is 4.74 Å². The number of pyridine rings is 1. The van der Waals surface area contributed by atoms with E-state index in [2.05, 4.69) is 10.3 Å². The maximum Gasteiger partial charge on any atom is 0.232 e. The summed E-state index contributed by atoms with van der Waals surface area (Å²) in [5.74, 6) is 0.525. The largest absolute Gasteiger partial charge is 0.475 e. The molecule has 1 N–H and O–H groups in total. The van der Waals surface area contributed by atoms with Crippen LogP contribution in [0.1, 0.15) is 25.7 Å². The van der Waals surface area contributed by atoms with Crippen LogP contribution in [-0.2, 0) is 0 Å². The maximum atomic E-state index is 5.92. The third-order valence-electron chi connectivity index (χ3n) is 2.85. The van der Waals surface area contributed by atoms with Crippen LogP contribution in [0.25, 0.3) is 0 Å². The predicted molar refractivity (Wildman–Crippen MR) is 65.0 cm³/mol. The molecular weight excluding hydrogens is 224 g/mol. The average Bonchev–Trinajstić information content (AvgIpc) is 2.79. The molecule has 1 aliphatic rings. The van der Waals surface area contributed by atoms with Gasteiger partial charge in [0.25, 0.3) is 0 Å². The molecule has 0 bridgehead atoms. The van der Waals surface area contributed by atoms with Crippen molar-refractivity contribution >= 4 is 11.6 Å². The molecule has 1 saturated carbocycles. The highest BCUT2D eigenvalue weighted by molar-refractivity contribution is 6.31. The molecule has 3 nitrogen and oxygen atoms in total. The van der Waals surface area contributed by atoms with Gasteiger partial charge in [-0.1, -0.05) is 24.4 Å². The minimum atomic E-state index is 0.525. The van der Waals surface area contributed by atoms with Gasteiger partial charge >= 0.3 is 0 Å². The Labute approximate surface area is 101 Å². The number of nitrogens with zero attached hydrogens (tertiary/aromatic N) is 1. The molecule has 1 aliphatic carbocycles. The fourth-order valence-corrected chi connectivity index (χ4v) is 2.19. The van der Waals surface area contributed by atoms with Crippen LogP contribution in [0.15, 0.2) is 18.3 Å². The van der Waals surface area contributed by atoms with Gasteiger partial charge < -0.3 is 10.1 Å². The Kier molecular flexibility index (Phi) is 4.43. The van der Waals surface area contributed by atoms with Crippen LogP contribution < -0.4 is 10.1 Å². The summed E-state index contributed by atoms with van der Waals surface area (Å²) in [6, 6.07) is 4.27. The minimum absolute atomic E-state index is 0.525. The zero-order valence-corrected chi connectivity index (χ0v) is 10.0. The lowest BCUT2D eigenvalue weighted by Gasteiger charge is -2.12.